The highest BCUT2D eigenvalue weighted by atomic mass is 19.1. The quantitative estimate of drug-likeness (QED) is 0.829. The Labute approximate surface area is 102 Å². The van der Waals surface area contributed by atoms with E-state index < -0.39 is 0 Å². The van der Waals surface area contributed by atoms with Gasteiger partial charge in [0.05, 0.1) is 7.11 Å². The minimum atomic E-state index is -0.304. The lowest BCUT2D eigenvalue weighted by Gasteiger charge is -2.27. The van der Waals surface area contributed by atoms with Crippen LogP contribution in [-0.4, -0.2) is 13.7 Å². The molecule has 3 nitrogen and oxygen atoms in total. The summed E-state index contributed by atoms with van der Waals surface area (Å²) in [4.78, 5) is 0. The SMILES string of the molecule is COc1ccc(F)cc1C(N)CC(C)(C)CN. The Hall–Kier alpha value is -1.13. The van der Waals surface area contributed by atoms with Crippen LogP contribution in [-0.2, 0) is 0 Å². The van der Waals surface area contributed by atoms with Gasteiger partial charge in [0.25, 0.3) is 0 Å². The molecule has 0 radical (unpaired) electrons. The van der Waals surface area contributed by atoms with Gasteiger partial charge in [-0.05, 0) is 36.6 Å². The van der Waals surface area contributed by atoms with Crippen molar-refractivity contribution in [1.82, 2.24) is 0 Å². The summed E-state index contributed by atoms with van der Waals surface area (Å²) in [5.74, 6) is 0.313. The summed E-state index contributed by atoms with van der Waals surface area (Å²) in [6.07, 6.45) is 0.684. The van der Waals surface area contributed by atoms with E-state index in [0.29, 0.717) is 24.3 Å². The van der Waals surface area contributed by atoms with Gasteiger partial charge in [0.2, 0.25) is 0 Å². The van der Waals surface area contributed by atoms with E-state index in [2.05, 4.69) is 0 Å². The third-order valence-electron chi connectivity index (χ3n) is 2.92. The van der Waals surface area contributed by atoms with Crippen molar-refractivity contribution in [2.45, 2.75) is 26.3 Å². The van der Waals surface area contributed by atoms with Crippen molar-refractivity contribution in [2.24, 2.45) is 16.9 Å². The van der Waals surface area contributed by atoms with Crippen LogP contribution in [0.1, 0.15) is 31.9 Å². The largest absolute Gasteiger partial charge is 0.496 e. The smallest absolute Gasteiger partial charge is 0.123 e. The summed E-state index contributed by atoms with van der Waals surface area (Å²) in [5.41, 5.74) is 12.4. The van der Waals surface area contributed by atoms with Gasteiger partial charge in [-0.2, -0.15) is 0 Å². The normalized spacial score (nSPS) is 13.5. The van der Waals surface area contributed by atoms with Gasteiger partial charge in [-0.1, -0.05) is 13.8 Å². The average molecular weight is 240 g/mol. The van der Waals surface area contributed by atoms with E-state index >= 15 is 0 Å². The maximum Gasteiger partial charge on any atom is 0.123 e. The molecule has 0 heterocycles. The number of benzene rings is 1. The van der Waals surface area contributed by atoms with Crippen LogP contribution in [0, 0.1) is 11.2 Å². The molecule has 0 aliphatic rings. The molecule has 0 saturated carbocycles. The molecule has 1 atom stereocenters. The van der Waals surface area contributed by atoms with Crippen LogP contribution < -0.4 is 16.2 Å². The fraction of sp³-hybridized carbons (Fsp3) is 0.538. The number of hydrogen-bond donors (Lipinski definition) is 2. The monoisotopic (exact) mass is 240 g/mol. The lowest BCUT2D eigenvalue weighted by atomic mass is 9.84. The van der Waals surface area contributed by atoms with Crippen molar-refractivity contribution in [3.63, 3.8) is 0 Å². The first-order valence-corrected chi connectivity index (χ1v) is 5.69. The maximum atomic E-state index is 13.2. The second-order valence-corrected chi connectivity index (χ2v) is 5.07. The van der Waals surface area contributed by atoms with Crippen LogP contribution in [0.5, 0.6) is 5.75 Å². The Morgan fingerprint density at radius 2 is 2.06 bits per heavy atom. The molecule has 4 heteroatoms. The van der Waals surface area contributed by atoms with Crippen molar-refractivity contribution in [1.29, 1.82) is 0 Å². The Bertz CT molecular complexity index is 380. The fourth-order valence-electron chi connectivity index (χ4n) is 1.78. The van der Waals surface area contributed by atoms with Crippen molar-refractivity contribution in [3.05, 3.63) is 29.6 Å². The summed E-state index contributed by atoms with van der Waals surface area (Å²) in [6.45, 7) is 4.62. The van der Waals surface area contributed by atoms with Gasteiger partial charge in [-0.25, -0.2) is 4.39 Å². The first-order valence-electron chi connectivity index (χ1n) is 5.69. The van der Waals surface area contributed by atoms with Crippen molar-refractivity contribution in [3.8, 4) is 5.75 Å². The first-order chi connectivity index (χ1) is 7.89. The minimum Gasteiger partial charge on any atom is -0.496 e. The van der Waals surface area contributed by atoms with Crippen molar-refractivity contribution < 1.29 is 9.13 Å². The highest BCUT2D eigenvalue weighted by Crippen LogP contribution is 2.32. The molecule has 1 rings (SSSR count). The molecule has 1 unspecified atom stereocenters. The van der Waals surface area contributed by atoms with Crippen LogP contribution in [0.4, 0.5) is 4.39 Å². The lowest BCUT2D eigenvalue weighted by Crippen LogP contribution is -2.28. The van der Waals surface area contributed by atoms with Crippen LogP contribution in [0.3, 0.4) is 0 Å². The highest BCUT2D eigenvalue weighted by Gasteiger charge is 2.22. The minimum absolute atomic E-state index is 0.0727. The van der Waals surface area contributed by atoms with E-state index in [1.54, 1.807) is 13.2 Å². The Morgan fingerprint density at radius 3 is 2.59 bits per heavy atom. The molecule has 4 N–H and O–H groups in total. The van der Waals surface area contributed by atoms with E-state index in [-0.39, 0.29) is 17.3 Å². The number of rotatable bonds is 5. The van der Waals surface area contributed by atoms with Gasteiger partial charge >= 0.3 is 0 Å². The van der Waals surface area contributed by atoms with Gasteiger partial charge in [0, 0.05) is 11.6 Å². The molecule has 0 fully saturated rings. The van der Waals surface area contributed by atoms with Gasteiger partial charge < -0.3 is 16.2 Å². The Kier molecular flexibility index (Phi) is 4.48. The zero-order chi connectivity index (χ0) is 13.1. The molecule has 0 saturated heterocycles. The molecule has 0 aromatic heterocycles. The molecule has 1 aromatic carbocycles. The van der Waals surface area contributed by atoms with E-state index in [1.165, 1.54) is 12.1 Å². The summed E-state index contributed by atoms with van der Waals surface area (Å²) in [5, 5.41) is 0. The highest BCUT2D eigenvalue weighted by molar-refractivity contribution is 5.36. The predicted molar refractivity (Wildman–Crippen MR) is 67.3 cm³/mol. The number of hydrogen-bond acceptors (Lipinski definition) is 3. The molecule has 0 aliphatic heterocycles. The third kappa shape index (κ3) is 3.68. The van der Waals surface area contributed by atoms with Gasteiger partial charge in [0.1, 0.15) is 11.6 Å². The zero-order valence-corrected chi connectivity index (χ0v) is 10.7. The number of methoxy groups -OCH3 is 1. The number of ether oxygens (including phenoxy) is 1. The summed E-state index contributed by atoms with van der Waals surface area (Å²) >= 11 is 0. The lowest BCUT2D eigenvalue weighted by molar-refractivity contribution is 0.311. The molecule has 0 bridgehead atoms. The number of halogens is 1. The fourth-order valence-corrected chi connectivity index (χ4v) is 1.78. The van der Waals surface area contributed by atoms with Gasteiger partial charge in [-0.3, -0.25) is 0 Å². The third-order valence-corrected chi connectivity index (χ3v) is 2.92. The van der Waals surface area contributed by atoms with Crippen LogP contribution in [0.15, 0.2) is 18.2 Å². The standard InChI is InChI=1S/C13H21FN2O/c1-13(2,8-15)7-11(16)10-6-9(14)4-5-12(10)17-3/h4-6,11H,7-8,15-16H2,1-3H3. The van der Waals surface area contributed by atoms with E-state index in [0.717, 1.165) is 0 Å². The molecular weight excluding hydrogens is 219 g/mol. The predicted octanol–water partition coefficient (Wildman–Crippen LogP) is 2.21. The Morgan fingerprint density at radius 1 is 1.41 bits per heavy atom. The first kappa shape index (κ1) is 13.9. The molecule has 1 aromatic rings. The van der Waals surface area contributed by atoms with Crippen LogP contribution >= 0.6 is 0 Å². The molecule has 0 spiro atoms. The van der Waals surface area contributed by atoms with Gasteiger partial charge in [0.15, 0.2) is 0 Å². The van der Waals surface area contributed by atoms with Crippen LogP contribution in [0.25, 0.3) is 0 Å². The van der Waals surface area contributed by atoms with Crippen molar-refractivity contribution in [2.75, 3.05) is 13.7 Å². The Balaban J connectivity index is 2.95. The molecule has 17 heavy (non-hydrogen) atoms. The summed E-state index contributed by atoms with van der Waals surface area (Å²) in [7, 11) is 1.55. The number of nitrogens with two attached hydrogens (primary N) is 2. The van der Waals surface area contributed by atoms with Crippen molar-refractivity contribution >= 4 is 0 Å². The molecular formula is C13H21FN2O. The van der Waals surface area contributed by atoms with Gasteiger partial charge in [-0.15, -0.1) is 0 Å². The summed E-state index contributed by atoms with van der Waals surface area (Å²) in [6, 6.07) is 4.11. The summed E-state index contributed by atoms with van der Waals surface area (Å²) < 4.78 is 18.4. The topological polar surface area (TPSA) is 61.3 Å². The average Bonchev–Trinajstić information content (AvgIpc) is 2.28. The van der Waals surface area contributed by atoms with E-state index in [1.807, 2.05) is 13.8 Å². The second-order valence-electron chi connectivity index (χ2n) is 5.07. The molecule has 96 valence electrons. The zero-order valence-electron chi connectivity index (χ0n) is 10.7. The van der Waals surface area contributed by atoms with Crippen LogP contribution in [0.2, 0.25) is 0 Å². The maximum absolute atomic E-state index is 13.2. The molecule has 0 amide bonds. The molecule has 0 aliphatic carbocycles. The second kappa shape index (κ2) is 5.47. The van der Waals surface area contributed by atoms with E-state index in [4.69, 9.17) is 16.2 Å². The van der Waals surface area contributed by atoms with E-state index in [9.17, 15) is 4.39 Å².